The molecule has 0 amide bonds. The fraction of sp³-hybridized carbons (Fsp3) is 0.200. The monoisotopic (exact) mass is 374 g/mol. The van der Waals surface area contributed by atoms with Crippen LogP contribution in [0.4, 0.5) is 13.2 Å². The van der Waals surface area contributed by atoms with Crippen LogP contribution in [0.25, 0.3) is 11.4 Å². The molecule has 0 N–H and O–H groups in total. The van der Waals surface area contributed by atoms with Crippen LogP contribution in [0, 0.1) is 6.92 Å². The molecule has 0 saturated heterocycles. The third-order valence-electron chi connectivity index (χ3n) is 4.23. The van der Waals surface area contributed by atoms with Gasteiger partial charge in [-0.3, -0.25) is 4.79 Å². The fourth-order valence-corrected chi connectivity index (χ4v) is 2.77. The molecule has 1 heterocycles. The highest BCUT2D eigenvalue weighted by molar-refractivity contribution is 5.57. The van der Waals surface area contributed by atoms with E-state index < -0.39 is 17.3 Å². The van der Waals surface area contributed by atoms with Gasteiger partial charge in [0.15, 0.2) is 0 Å². The third kappa shape index (κ3) is 4.02. The van der Waals surface area contributed by atoms with Crippen molar-refractivity contribution >= 4 is 0 Å². The number of aromatic nitrogens is 2. The van der Waals surface area contributed by atoms with Gasteiger partial charge in [0, 0.05) is 12.1 Å². The first-order valence-electron chi connectivity index (χ1n) is 8.17. The lowest BCUT2D eigenvalue weighted by Crippen LogP contribution is -2.18. The van der Waals surface area contributed by atoms with Crippen LogP contribution in [-0.2, 0) is 12.7 Å². The number of rotatable bonds is 4. The number of nitrogens with zero attached hydrogens (tertiary/aromatic N) is 2. The van der Waals surface area contributed by atoms with Crippen molar-refractivity contribution in [1.29, 1.82) is 0 Å². The second kappa shape index (κ2) is 7.26. The highest BCUT2D eigenvalue weighted by atomic mass is 19.4. The summed E-state index contributed by atoms with van der Waals surface area (Å²) < 4.78 is 45.9. The molecular weight excluding hydrogens is 357 g/mol. The molecule has 0 atom stereocenters. The Morgan fingerprint density at radius 1 is 1.11 bits per heavy atom. The molecule has 7 heteroatoms. The van der Waals surface area contributed by atoms with Crippen LogP contribution in [0.5, 0.6) is 5.75 Å². The zero-order valence-electron chi connectivity index (χ0n) is 14.7. The first-order valence-corrected chi connectivity index (χ1v) is 8.17. The van der Waals surface area contributed by atoms with Gasteiger partial charge in [0.1, 0.15) is 5.82 Å². The number of benzene rings is 2. The van der Waals surface area contributed by atoms with Gasteiger partial charge in [-0.05, 0) is 30.2 Å². The minimum atomic E-state index is -4.48. The van der Waals surface area contributed by atoms with Gasteiger partial charge in [-0.25, -0.2) is 0 Å². The van der Waals surface area contributed by atoms with E-state index in [1.165, 1.54) is 25.4 Å². The second-order valence-corrected chi connectivity index (χ2v) is 6.07. The zero-order valence-corrected chi connectivity index (χ0v) is 14.7. The maximum Gasteiger partial charge on any atom is 0.416 e. The minimum absolute atomic E-state index is 0.0271. The Hall–Kier alpha value is -3.09. The molecule has 0 fully saturated rings. The molecule has 0 spiro atoms. The van der Waals surface area contributed by atoms with Crippen molar-refractivity contribution in [2.24, 2.45) is 0 Å². The molecule has 0 unspecified atom stereocenters. The molecule has 140 valence electrons. The average molecular weight is 374 g/mol. The van der Waals surface area contributed by atoms with E-state index in [1.54, 1.807) is 4.57 Å². The van der Waals surface area contributed by atoms with Crippen LogP contribution in [0.1, 0.15) is 16.7 Å². The zero-order chi connectivity index (χ0) is 19.6. The van der Waals surface area contributed by atoms with Crippen LogP contribution < -0.4 is 10.3 Å². The maximum atomic E-state index is 13.1. The predicted molar refractivity (Wildman–Crippen MR) is 95.8 cm³/mol. The van der Waals surface area contributed by atoms with Gasteiger partial charge < -0.3 is 9.30 Å². The van der Waals surface area contributed by atoms with Crippen molar-refractivity contribution in [3.8, 4) is 17.1 Å². The van der Waals surface area contributed by atoms with Gasteiger partial charge >= 0.3 is 11.7 Å². The number of halogens is 3. The van der Waals surface area contributed by atoms with Gasteiger partial charge in [-0.2, -0.15) is 18.2 Å². The third-order valence-corrected chi connectivity index (χ3v) is 4.23. The normalized spacial score (nSPS) is 11.4. The summed E-state index contributed by atoms with van der Waals surface area (Å²) in [5.41, 5.74) is 0.750. The summed E-state index contributed by atoms with van der Waals surface area (Å²) in [6.45, 7) is 2.27. The molecule has 3 aromatic rings. The smallest absolute Gasteiger partial charge is 0.416 e. The number of aryl methyl sites for hydroxylation is 1. The molecule has 2 aromatic carbocycles. The Labute approximate surface area is 153 Å². The summed E-state index contributed by atoms with van der Waals surface area (Å²) in [5, 5.41) is 0. The summed E-state index contributed by atoms with van der Waals surface area (Å²) in [5.74, 6) is 0.175. The van der Waals surface area contributed by atoms with Crippen molar-refractivity contribution in [3.05, 3.63) is 81.8 Å². The van der Waals surface area contributed by atoms with Crippen LogP contribution in [0.2, 0.25) is 0 Å². The van der Waals surface area contributed by atoms with Crippen molar-refractivity contribution in [1.82, 2.24) is 9.55 Å². The Kier molecular flexibility index (Phi) is 5.03. The number of hydrogen-bond donors (Lipinski definition) is 0. The van der Waals surface area contributed by atoms with Gasteiger partial charge in [-0.1, -0.05) is 36.4 Å². The second-order valence-electron chi connectivity index (χ2n) is 6.07. The lowest BCUT2D eigenvalue weighted by atomic mass is 10.1. The summed E-state index contributed by atoms with van der Waals surface area (Å²) in [4.78, 5) is 16.1. The number of alkyl halides is 3. The topological polar surface area (TPSA) is 44.1 Å². The van der Waals surface area contributed by atoms with Crippen molar-refractivity contribution in [2.75, 3.05) is 7.11 Å². The van der Waals surface area contributed by atoms with Crippen molar-refractivity contribution in [2.45, 2.75) is 19.6 Å². The summed E-state index contributed by atoms with van der Waals surface area (Å²) in [6, 6.07) is 12.4. The molecule has 1 aromatic heterocycles. The van der Waals surface area contributed by atoms with E-state index in [2.05, 4.69) is 4.98 Å². The van der Waals surface area contributed by atoms with E-state index in [1.807, 2.05) is 31.2 Å². The molecular formula is C20H17F3N2O2. The molecule has 0 radical (unpaired) electrons. The SMILES string of the molecule is COc1cn(Cc2ccccc2C)c(-c2cccc(C(F)(F)F)c2)nc1=O. The lowest BCUT2D eigenvalue weighted by molar-refractivity contribution is -0.137. The van der Waals surface area contributed by atoms with E-state index >= 15 is 0 Å². The highest BCUT2D eigenvalue weighted by Gasteiger charge is 2.30. The highest BCUT2D eigenvalue weighted by Crippen LogP contribution is 2.32. The van der Waals surface area contributed by atoms with E-state index in [0.717, 1.165) is 23.3 Å². The van der Waals surface area contributed by atoms with Gasteiger partial charge in [0.05, 0.1) is 18.9 Å². The molecule has 0 aliphatic heterocycles. The Morgan fingerprint density at radius 3 is 2.52 bits per heavy atom. The van der Waals surface area contributed by atoms with Crippen LogP contribution in [0.3, 0.4) is 0 Å². The first-order chi connectivity index (χ1) is 12.8. The first kappa shape index (κ1) is 18.7. The van der Waals surface area contributed by atoms with Crippen molar-refractivity contribution in [3.63, 3.8) is 0 Å². The Bertz CT molecular complexity index is 1030. The summed E-state index contributed by atoms with van der Waals surface area (Å²) >= 11 is 0. The fourth-order valence-electron chi connectivity index (χ4n) is 2.77. The van der Waals surface area contributed by atoms with Crippen LogP contribution in [0.15, 0.2) is 59.5 Å². The average Bonchev–Trinajstić information content (AvgIpc) is 2.64. The maximum absolute atomic E-state index is 13.1. The summed E-state index contributed by atoms with van der Waals surface area (Å²) in [6.07, 6.45) is -3.01. The quantitative estimate of drug-likeness (QED) is 0.684. The standard InChI is InChI=1S/C20H17F3N2O2/c1-13-6-3-4-7-15(13)11-25-12-17(27-2)19(26)24-18(25)14-8-5-9-16(10-14)20(21,22)23/h3-10,12H,11H2,1-2H3. The van der Waals surface area contributed by atoms with E-state index in [4.69, 9.17) is 4.74 Å². The summed E-state index contributed by atoms with van der Waals surface area (Å²) in [7, 11) is 1.35. The molecule has 3 rings (SSSR count). The number of ether oxygens (including phenoxy) is 1. The van der Waals surface area contributed by atoms with Crippen LogP contribution in [-0.4, -0.2) is 16.7 Å². The minimum Gasteiger partial charge on any atom is -0.490 e. The van der Waals surface area contributed by atoms with Gasteiger partial charge in [-0.15, -0.1) is 0 Å². The molecule has 27 heavy (non-hydrogen) atoms. The molecule has 0 saturated carbocycles. The lowest BCUT2D eigenvalue weighted by Gasteiger charge is -2.16. The molecule has 0 aliphatic rings. The van der Waals surface area contributed by atoms with Gasteiger partial charge in [0.25, 0.3) is 0 Å². The molecule has 4 nitrogen and oxygen atoms in total. The number of hydrogen-bond acceptors (Lipinski definition) is 3. The number of methoxy groups -OCH3 is 1. The van der Waals surface area contributed by atoms with E-state index in [9.17, 15) is 18.0 Å². The predicted octanol–water partition coefficient (Wildman–Crippen LogP) is 4.29. The van der Waals surface area contributed by atoms with Gasteiger partial charge in [0.2, 0.25) is 5.75 Å². The Balaban J connectivity index is 2.16. The Morgan fingerprint density at radius 2 is 1.85 bits per heavy atom. The molecule has 0 aliphatic carbocycles. The molecule has 0 bridgehead atoms. The largest absolute Gasteiger partial charge is 0.490 e. The van der Waals surface area contributed by atoms with Crippen molar-refractivity contribution < 1.29 is 17.9 Å². The van der Waals surface area contributed by atoms with E-state index in [0.29, 0.717) is 6.54 Å². The van der Waals surface area contributed by atoms with Crippen LogP contribution >= 0.6 is 0 Å². The van der Waals surface area contributed by atoms with E-state index in [-0.39, 0.29) is 17.1 Å².